The SMILES string of the molecule is CC(C)(C)C(=O)OCn1cc(C2CCCCN2)nn1. The van der Waals surface area contributed by atoms with Crippen molar-refractivity contribution in [1.82, 2.24) is 20.3 Å². The molecule has 1 unspecified atom stereocenters. The molecule has 0 aromatic carbocycles. The Morgan fingerprint density at radius 3 is 2.95 bits per heavy atom. The summed E-state index contributed by atoms with van der Waals surface area (Å²) >= 11 is 0. The van der Waals surface area contributed by atoms with E-state index in [9.17, 15) is 4.79 Å². The maximum absolute atomic E-state index is 11.7. The van der Waals surface area contributed by atoms with E-state index in [-0.39, 0.29) is 18.7 Å². The van der Waals surface area contributed by atoms with Crippen molar-refractivity contribution in [2.24, 2.45) is 5.41 Å². The van der Waals surface area contributed by atoms with Crippen LogP contribution in [-0.4, -0.2) is 27.5 Å². The number of carbonyl (C=O) groups excluding carboxylic acids is 1. The number of hydrogen-bond donors (Lipinski definition) is 1. The van der Waals surface area contributed by atoms with Gasteiger partial charge in [0.2, 0.25) is 0 Å². The zero-order valence-corrected chi connectivity index (χ0v) is 11.8. The zero-order chi connectivity index (χ0) is 13.9. The lowest BCUT2D eigenvalue weighted by Gasteiger charge is -2.20. The molecule has 1 aromatic rings. The van der Waals surface area contributed by atoms with Crippen LogP contribution in [0.1, 0.15) is 51.8 Å². The van der Waals surface area contributed by atoms with Gasteiger partial charge in [-0.2, -0.15) is 0 Å². The van der Waals surface area contributed by atoms with Crippen LogP contribution in [0.4, 0.5) is 0 Å². The van der Waals surface area contributed by atoms with Gasteiger partial charge >= 0.3 is 5.97 Å². The van der Waals surface area contributed by atoms with Crippen LogP contribution in [0.2, 0.25) is 0 Å². The van der Waals surface area contributed by atoms with Crippen molar-refractivity contribution in [2.45, 2.75) is 52.8 Å². The second kappa shape index (κ2) is 5.69. The quantitative estimate of drug-likeness (QED) is 0.842. The normalized spacial score (nSPS) is 20.3. The van der Waals surface area contributed by atoms with Gasteiger partial charge in [-0.1, -0.05) is 11.6 Å². The first kappa shape index (κ1) is 14.0. The fraction of sp³-hybridized carbons (Fsp3) is 0.769. The fourth-order valence-electron chi connectivity index (χ4n) is 1.98. The molecule has 0 spiro atoms. The number of carbonyl (C=O) groups is 1. The molecule has 1 aliphatic heterocycles. The molecular weight excluding hydrogens is 244 g/mol. The molecule has 1 fully saturated rings. The second-order valence-electron chi connectivity index (χ2n) is 6.00. The first-order valence-electron chi connectivity index (χ1n) is 6.77. The molecule has 0 amide bonds. The average Bonchev–Trinajstić information content (AvgIpc) is 2.84. The summed E-state index contributed by atoms with van der Waals surface area (Å²) in [5, 5.41) is 11.5. The maximum Gasteiger partial charge on any atom is 0.313 e. The first-order chi connectivity index (χ1) is 8.97. The van der Waals surface area contributed by atoms with Crippen LogP contribution >= 0.6 is 0 Å². The van der Waals surface area contributed by atoms with Gasteiger partial charge in [0.05, 0.1) is 23.3 Å². The predicted octanol–water partition coefficient (Wildman–Crippen LogP) is 1.64. The number of nitrogens with zero attached hydrogens (tertiary/aromatic N) is 3. The highest BCUT2D eigenvalue weighted by Crippen LogP contribution is 2.20. The molecule has 6 nitrogen and oxygen atoms in total. The minimum atomic E-state index is -0.492. The van der Waals surface area contributed by atoms with Crippen molar-refractivity contribution >= 4 is 5.97 Å². The Morgan fingerprint density at radius 2 is 2.32 bits per heavy atom. The smallest absolute Gasteiger partial charge is 0.313 e. The Morgan fingerprint density at radius 1 is 1.53 bits per heavy atom. The third-order valence-corrected chi connectivity index (χ3v) is 3.16. The molecule has 106 valence electrons. The van der Waals surface area contributed by atoms with Crippen molar-refractivity contribution in [3.8, 4) is 0 Å². The molecule has 0 bridgehead atoms. The minimum absolute atomic E-state index is 0.121. The third-order valence-electron chi connectivity index (χ3n) is 3.16. The standard InChI is InChI=1S/C13H22N4O2/c1-13(2,3)12(18)19-9-17-8-11(15-16-17)10-6-4-5-7-14-10/h8,10,14H,4-7,9H2,1-3H3. The molecule has 0 radical (unpaired) electrons. The van der Waals surface area contributed by atoms with Gasteiger partial charge in [0.15, 0.2) is 6.73 Å². The van der Waals surface area contributed by atoms with Crippen LogP contribution in [0.5, 0.6) is 0 Å². The van der Waals surface area contributed by atoms with Crippen LogP contribution < -0.4 is 5.32 Å². The summed E-state index contributed by atoms with van der Waals surface area (Å²) in [6.45, 7) is 6.63. The lowest BCUT2D eigenvalue weighted by atomic mass is 9.98. The number of nitrogens with one attached hydrogen (secondary N) is 1. The van der Waals surface area contributed by atoms with Crippen LogP contribution in [-0.2, 0) is 16.3 Å². The van der Waals surface area contributed by atoms with E-state index in [1.54, 1.807) is 4.68 Å². The fourth-order valence-corrected chi connectivity index (χ4v) is 1.98. The monoisotopic (exact) mass is 266 g/mol. The van der Waals surface area contributed by atoms with E-state index in [1.807, 2.05) is 27.0 Å². The Hall–Kier alpha value is -1.43. The van der Waals surface area contributed by atoms with E-state index >= 15 is 0 Å². The molecule has 1 saturated heterocycles. The first-order valence-corrected chi connectivity index (χ1v) is 6.77. The van der Waals surface area contributed by atoms with E-state index < -0.39 is 5.41 Å². The number of rotatable bonds is 3. The molecule has 1 aromatic heterocycles. The van der Waals surface area contributed by atoms with Gasteiger partial charge in [0.25, 0.3) is 0 Å². The third kappa shape index (κ3) is 3.76. The van der Waals surface area contributed by atoms with Crippen molar-refractivity contribution in [2.75, 3.05) is 6.54 Å². The van der Waals surface area contributed by atoms with Crippen LogP contribution in [0.15, 0.2) is 6.20 Å². The Balaban J connectivity index is 1.89. The average molecular weight is 266 g/mol. The topological polar surface area (TPSA) is 69.0 Å². The molecule has 6 heteroatoms. The van der Waals surface area contributed by atoms with Gasteiger partial charge in [0, 0.05) is 0 Å². The van der Waals surface area contributed by atoms with Crippen molar-refractivity contribution < 1.29 is 9.53 Å². The number of aromatic nitrogens is 3. The highest BCUT2D eigenvalue weighted by molar-refractivity contribution is 5.75. The van der Waals surface area contributed by atoms with Crippen LogP contribution in [0.3, 0.4) is 0 Å². The molecule has 19 heavy (non-hydrogen) atoms. The lowest BCUT2D eigenvalue weighted by molar-refractivity contribution is -0.157. The summed E-state index contributed by atoms with van der Waals surface area (Å²) < 4.78 is 6.76. The Kier molecular flexibility index (Phi) is 4.19. The predicted molar refractivity (Wildman–Crippen MR) is 70.2 cm³/mol. The van der Waals surface area contributed by atoms with Crippen molar-refractivity contribution in [1.29, 1.82) is 0 Å². The van der Waals surface area contributed by atoms with Crippen molar-refractivity contribution in [3.05, 3.63) is 11.9 Å². The molecule has 2 rings (SSSR count). The Bertz CT molecular complexity index is 430. The molecule has 1 N–H and O–H groups in total. The second-order valence-corrected chi connectivity index (χ2v) is 6.00. The van der Waals surface area contributed by atoms with Crippen molar-refractivity contribution in [3.63, 3.8) is 0 Å². The van der Waals surface area contributed by atoms with E-state index in [2.05, 4.69) is 15.6 Å². The number of piperidine rings is 1. The number of ether oxygens (including phenoxy) is 1. The van der Waals surface area contributed by atoms with Gasteiger partial charge in [-0.25, -0.2) is 4.68 Å². The minimum Gasteiger partial charge on any atom is -0.442 e. The summed E-state index contributed by atoms with van der Waals surface area (Å²) in [5.41, 5.74) is 0.431. The molecule has 2 heterocycles. The zero-order valence-electron chi connectivity index (χ0n) is 11.8. The molecule has 0 aliphatic carbocycles. The highest BCUT2D eigenvalue weighted by atomic mass is 16.5. The highest BCUT2D eigenvalue weighted by Gasteiger charge is 2.23. The number of hydrogen-bond acceptors (Lipinski definition) is 5. The van der Waals surface area contributed by atoms with E-state index in [4.69, 9.17) is 4.74 Å². The Labute approximate surface area is 113 Å². The number of esters is 1. The summed E-state index contributed by atoms with van der Waals surface area (Å²) in [6, 6.07) is 0.279. The van der Waals surface area contributed by atoms with Gasteiger partial charge in [-0.3, -0.25) is 4.79 Å². The van der Waals surface area contributed by atoms with Gasteiger partial charge in [0.1, 0.15) is 0 Å². The summed E-state index contributed by atoms with van der Waals surface area (Å²) in [7, 11) is 0. The van der Waals surface area contributed by atoms with Gasteiger partial charge in [-0.05, 0) is 40.2 Å². The molecule has 0 saturated carbocycles. The summed E-state index contributed by atoms with van der Waals surface area (Å²) in [5.74, 6) is -0.236. The largest absolute Gasteiger partial charge is 0.442 e. The summed E-state index contributed by atoms with van der Waals surface area (Å²) in [4.78, 5) is 11.7. The van der Waals surface area contributed by atoms with Gasteiger partial charge in [-0.15, -0.1) is 5.10 Å². The van der Waals surface area contributed by atoms with Crippen LogP contribution in [0.25, 0.3) is 0 Å². The van der Waals surface area contributed by atoms with Gasteiger partial charge < -0.3 is 10.1 Å². The molecule has 1 aliphatic rings. The van der Waals surface area contributed by atoms with Crippen LogP contribution in [0, 0.1) is 5.41 Å². The van der Waals surface area contributed by atoms with E-state index in [0.29, 0.717) is 0 Å². The summed E-state index contributed by atoms with van der Waals surface area (Å²) in [6.07, 6.45) is 5.36. The van der Waals surface area contributed by atoms with E-state index in [1.165, 1.54) is 12.8 Å². The maximum atomic E-state index is 11.7. The lowest BCUT2D eigenvalue weighted by Crippen LogP contribution is -2.27. The molecular formula is C13H22N4O2. The van der Waals surface area contributed by atoms with E-state index in [0.717, 1.165) is 18.7 Å². The molecule has 1 atom stereocenters.